The minimum absolute atomic E-state index is 0.0743. The van der Waals surface area contributed by atoms with Gasteiger partial charge in [0.05, 0.1) is 16.6 Å². The summed E-state index contributed by atoms with van der Waals surface area (Å²) in [7, 11) is 0. The molecule has 0 atom stereocenters. The van der Waals surface area contributed by atoms with Crippen LogP contribution >= 0.6 is 0 Å². The number of carbonyl (C=O) groups excluding carboxylic acids is 2. The number of likely N-dealkylation sites (tertiary alicyclic amines) is 1. The van der Waals surface area contributed by atoms with E-state index in [1.54, 1.807) is 59.8 Å². The maximum absolute atomic E-state index is 14.6. The Kier molecular flexibility index (Phi) is 6.38. The van der Waals surface area contributed by atoms with Crippen molar-refractivity contribution in [1.29, 1.82) is 0 Å². The Balaban J connectivity index is 1.15. The summed E-state index contributed by atoms with van der Waals surface area (Å²) in [5, 5.41) is 0. The fourth-order valence-corrected chi connectivity index (χ4v) is 6.16. The van der Waals surface area contributed by atoms with E-state index in [1.165, 1.54) is 6.07 Å². The van der Waals surface area contributed by atoms with E-state index in [0.29, 0.717) is 66.3 Å². The van der Waals surface area contributed by atoms with Crippen molar-refractivity contribution >= 4 is 28.5 Å². The van der Waals surface area contributed by atoms with Gasteiger partial charge in [-0.05, 0) is 79.1 Å². The summed E-state index contributed by atoms with van der Waals surface area (Å²) in [5.74, 6) is 0.468. The molecule has 3 heterocycles. The predicted molar refractivity (Wildman–Crippen MR) is 157 cm³/mol. The molecule has 0 aliphatic carbocycles. The summed E-state index contributed by atoms with van der Waals surface area (Å²) in [6, 6.07) is 26.5. The first-order valence-electron chi connectivity index (χ1n) is 13.9. The highest BCUT2D eigenvalue weighted by molar-refractivity contribution is 6.09. The van der Waals surface area contributed by atoms with Gasteiger partial charge >= 0.3 is 0 Å². The van der Waals surface area contributed by atoms with Gasteiger partial charge in [0, 0.05) is 48.7 Å². The summed E-state index contributed by atoms with van der Waals surface area (Å²) < 4.78 is 20.7. The Hall–Kier alpha value is -5.11. The maximum Gasteiger partial charge on any atom is 0.262 e. The van der Waals surface area contributed by atoms with Gasteiger partial charge < -0.3 is 14.5 Å². The van der Waals surface area contributed by atoms with Crippen LogP contribution in [-0.4, -0.2) is 46.3 Å². The largest absolute Gasteiger partial charge is 0.457 e. The molecular formula is C34H27FN4O3. The standard InChI is InChI=1S/C34H27FN4O3/c35-24-11-13-30-27(21-24)34(14-18-38(19-15-34)32(40)23-10-12-28-29(20-23)37-17-16-36-28)22-39(30)33(41)26-8-4-5-9-31(26)42-25-6-2-1-3-7-25/h1-13,16-17,20-21H,14-15,18-19,22H2. The molecule has 5 aromatic rings. The van der Waals surface area contributed by atoms with Gasteiger partial charge in [-0.1, -0.05) is 30.3 Å². The van der Waals surface area contributed by atoms with Crippen molar-refractivity contribution in [3.8, 4) is 11.5 Å². The van der Waals surface area contributed by atoms with Gasteiger partial charge in [0.1, 0.15) is 17.3 Å². The highest BCUT2D eigenvalue weighted by Gasteiger charge is 2.47. The molecule has 7 rings (SSSR count). The maximum atomic E-state index is 14.6. The van der Waals surface area contributed by atoms with E-state index >= 15 is 0 Å². The molecule has 8 heteroatoms. The molecule has 4 aromatic carbocycles. The monoisotopic (exact) mass is 558 g/mol. The number of carbonyl (C=O) groups is 2. The number of fused-ring (bicyclic) bond motifs is 3. The van der Waals surface area contributed by atoms with Gasteiger partial charge in [-0.15, -0.1) is 0 Å². The average molecular weight is 559 g/mol. The molecule has 1 aromatic heterocycles. The molecule has 0 bridgehead atoms. The quantitative estimate of drug-likeness (QED) is 0.255. The molecule has 2 amide bonds. The van der Waals surface area contributed by atoms with Crippen LogP contribution in [0.1, 0.15) is 39.1 Å². The van der Waals surface area contributed by atoms with Crippen LogP contribution < -0.4 is 9.64 Å². The third-order valence-electron chi connectivity index (χ3n) is 8.34. The second-order valence-electron chi connectivity index (χ2n) is 10.8. The Bertz CT molecular complexity index is 1820. The van der Waals surface area contributed by atoms with Crippen LogP contribution in [0.15, 0.2) is 103 Å². The molecular weight excluding hydrogens is 531 g/mol. The summed E-state index contributed by atoms with van der Waals surface area (Å²) in [6.07, 6.45) is 4.44. The number of para-hydroxylation sites is 2. The van der Waals surface area contributed by atoms with Gasteiger partial charge in [0.25, 0.3) is 11.8 Å². The molecule has 0 unspecified atom stereocenters. The van der Waals surface area contributed by atoms with Crippen LogP contribution in [0.3, 0.4) is 0 Å². The van der Waals surface area contributed by atoms with E-state index in [0.717, 1.165) is 11.1 Å². The molecule has 1 fully saturated rings. The molecule has 1 saturated heterocycles. The number of piperidine rings is 1. The van der Waals surface area contributed by atoms with Crippen LogP contribution in [0.5, 0.6) is 11.5 Å². The lowest BCUT2D eigenvalue weighted by Gasteiger charge is -2.40. The number of aromatic nitrogens is 2. The number of anilines is 1. The number of hydrogen-bond acceptors (Lipinski definition) is 5. The number of hydrogen-bond donors (Lipinski definition) is 0. The SMILES string of the molecule is O=C(c1ccc2nccnc2c1)N1CCC2(CC1)CN(C(=O)c1ccccc1Oc1ccccc1)c1ccc(F)cc12. The molecule has 0 N–H and O–H groups in total. The number of amides is 2. The summed E-state index contributed by atoms with van der Waals surface area (Å²) >= 11 is 0. The minimum Gasteiger partial charge on any atom is -0.457 e. The number of halogens is 1. The molecule has 208 valence electrons. The van der Waals surface area contributed by atoms with Gasteiger partial charge in [-0.3, -0.25) is 19.6 Å². The fourth-order valence-electron chi connectivity index (χ4n) is 6.16. The van der Waals surface area contributed by atoms with Gasteiger partial charge in [0.15, 0.2) is 0 Å². The number of nitrogens with zero attached hydrogens (tertiary/aromatic N) is 4. The van der Waals surface area contributed by atoms with Crippen molar-refractivity contribution in [2.45, 2.75) is 18.3 Å². The van der Waals surface area contributed by atoms with Crippen molar-refractivity contribution < 1.29 is 18.7 Å². The Morgan fingerprint density at radius 3 is 2.33 bits per heavy atom. The van der Waals surface area contributed by atoms with Crippen LogP contribution in [0.25, 0.3) is 11.0 Å². The fraction of sp³-hybridized carbons (Fsp3) is 0.176. The zero-order valence-corrected chi connectivity index (χ0v) is 22.7. The average Bonchev–Trinajstić information content (AvgIpc) is 3.34. The van der Waals surface area contributed by atoms with Crippen molar-refractivity contribution in [3.63, 3.8) is 0 Å². The van der Waals surface area contributed by atoms with Crippen LogP contribution in [0.4, 0.5) is 10.1 Å². The Labute approximate surface area is 242 Å². The van der Waals surface area contributed by atoms with Crippen LogP contribution in [0.2, 0.25) is 0 Å². The molecule has 42 heavy (non-hydrogen) atoms. The first-order chi connectivity index (χ1) is 20.5. The smallest absolute Gasteiger partial charge is 0.262 e. The normalized spacial score (nSPS) is 15.5. The molecule has 0 saturated carbocycles. The van der Waals surface area contributed by atoms with Crippen LogP contribution in [0, 0.1) is 5.82 Å². The van der Waals surface area contributed by atoms with Crippen molar-refractivity contribution in [3.05, 3.63) is 126 Å². The zero-order valence-electron chi connectivity index (χ0n) is 22.7. The highest BCUT2D eigenvalue weighted by Crippen LogP contribution is 2.48. The second kappa shape index (κ2) is 10.4. The van der Waals surface area contributed by atoms with Crippen molar-refractivity contribution in [2.24, 2.45) is 0 Å². The van der Waals surface area contributed by atoms with E-state index in [4.69, 9.17) is 4.74 Å². The van der Waals surface area contributed by atoms with Crippen LogP contribution in [-0.2, 0) is 5.41 Å². The molecule has 2 aliphatic rings. The minimum atomic E-state index is -0.464. The number of benzene rings is 4. The van der Waals surface area contributed by atoms with E-state index in [9.17, 15) is 14.0 Å². The second-order valence-corrected chi connectivity index (χ2v) is 10.8. The lowest BCUT2D eigenvalue weighted by molar-refractivity contribution is 0.0670. The predicted octanol–water partition coefficient (Wildman–Crippen LogP) is 6.40. The third kappa shape index (κ3) is 4.55. The lowest BCUT2D eigenvalue weighted by Crippen LogP contribution is -2.47. The zero-order chi connectivity index (χ0) is 28.7. The van der Waals surface area contributed by atoms with E-state index in [2.05, 4.69) is 9.97 Å². The molecule has 7 nitrogen and oxygen atoms in total. The lowest BCUT2D eigenvalue weighted by atomic mass is 9.74. The van der Waals surface area contributed by atoms with E-state index < -0.39 is 5.41 Å². The Morgan fingerprint density at radius 2 is 1.52 bits per heavy atom. The first-order valence-corrected chi connectivity index (χ1v) is 13.9. The van der Waals surface area contributed by atoms with Gasteiger partial charge in [0.2, 0.25) is 0 Å². The number of ether oxygens (including phenoxy) is 1. The third-order valence-corrected chi connectivity index (χ3v) is 8.34. The summed E-state index contributed by atoms with van der Waals surface area (Å²) in [4.78, 5) is 39.7. The summed E-state index contributed by atoms with van der Waals surface area (Å²) in [6.45, 7) is 1.38. The van der Waals surface area contributed by atoms with Crippen molar-refractivity contribution in [1.82, 2.24) is 14.9 Å². The van der Waals surface area contributed by atoms with Crippen molar-refractivity contribution in [2.75, 3.05) is 24.5 Å². The topological polar surface area (TPSA) is 75.6 Å². The van der Waals surface area contributed by atoms with E-state index in [1.807, 2.05) is 47.4 Å². The number of rotatable bonds is 4. The highest BCUT2D eigenvalue weighted by atomic mass is 19.1. The van der Waals surface area contributed by atoms with Gasteiger partial charge in [-0.2, -0.15) is 0 Å². The molecule has 0 radical (unpaired) electrons. The molecule has 2 aliphatic heterocycles. The molecule has 1 spiro atoms. The van der Waals surface area contributed by atoms with E-state index in [-0.39, 0.29) is 17.6 Å². The summed E-state index contributed by atoms with van der Waals surface area (Å²) in [5.41, 5.74) is 3.44. The Morgan fingerprint density at radius 1 is 0.786 bits per heavy atom. The van der Waals surface area contributed by atoms with Gasteiger partial charge in [-0.25, -0.2) is 4.39 Å². The first kappa shape index (κ1) is 25.8.